The van der Waals surface area contributed by atoms with Gasteiger partial charge in [-0.25, -0.2) is 32.8 Å². The highest BCUT2D eigenvalue weighted by atomic mass is 19.1. The number of hydrogen-bond donors (Lipinski definition) is 1. The Hall–Kier alpha value is -5.26. The number of pyridine rings is 1. The monoisotopic (exact) mass is 571 g/mol. The molecule has 0 aliphatic carbocycles. The van der Waals surface area contributed by atoms with E-state index in [1.807, 2.05) is 0 Å². The lowest BCUT2D eigenvalue weighted by Crippen LogP contribution is -2.23. The number of aromatic nitrogens is 6. The summed E-state index contributed by atoms with van der Waals surface area (Å²) in [6.07, 6.45) is 2.07. The first-order chi connectivity index (χ1) is 20.1. The van der Waals surface area contributed by atoms with Crippen LogP contribution in [0.2, 0.25) is 0 Å². The lowest BCUT2D eigenvalue weighted by molar-refractivity contribution is 0.231. The van der Waals surface area contributed by atoms with Crippen LogP contribution in [0, 0.1) is 17.5 Å². The molecule has 0 saturated carbocycles. The second kappa shape index (κ2) is 10.3. The molecule has 0 spiro atoms. The molecule has 2 aromatic carbocycles. The predicted octanol–water partition coefficient (Wildman–Crippen LogP) is 5.56. The Labute approximate surface area is 237 Å². The highest BCUT2D eigenvalue weighted by Gasteiger charge is 2.26. The molecule has 0 radical (unpaired) electrons. The minimum Gasteiger partial charge on any atom is -0.488 e. The molecule has 0 saturated heterocycles. The standard InChI is InChI=1S/C30H24F3N7O2/c1-15(2)42-22-9-7-18(12-21(22)33)27-25-28(34)35-14-36-29(25)40(38-27)16(3)26-24(17-5-4-6-19(31)11-17)30(41)39-13-20(32)8-10-23(39)37-26/h4-16H,1-3H3,(H2,34,35,36)/t16-/m0/s1. The van der Waals surface area contributed by atoms with Crippen molar-refractivity contribution in [3.8, 4) is 28.1 Å². The SMILES string of the molecule is CC(C)Oc1ccc(-c2nn([C@@H](C)c3nc4ccc(F)cn4c(=O)c3-c3cccc(F)c3)c3ncnc(N)c23)cc1F. The smallest absolute Gasteiger partial charge is 0.266 e. The van der Waals surface area contributed by atoms with E-state index in [9.17, 15) is 18.0 Å². The van der Waals surface area contributed by atoms with E-state index < -0.39 is 29.1 Å². The minimum absolute atomic E-state index is 0.0542. The Kier molecular flexibility index (Phi) is 6.60. The van der Waals surface area contributed by atoms with Crippen molar-refractivity contribution in [2.45, 2.75) is 32.9 Å². The lowest BCUT2D eigenvalue weighted by atomic mass is 10.0. The number of fused-ring (bicyclic) bond motifs is 2. The Bertz CT molecular complexity index is 2060. The minimum atomic E-state index is -0.773. The van der Waals surface area contributed by atoms with Crippen LogP contribution in [0.5, 0.6) is 5.75 Å². The van der Waals surface area contributed by atoms with Crippen LogP contribution < -0.4 is 16.0 Å². The molecule has 12 heteroatoms. The number of benzene rings is 2. The fourth-order valence-corrected chi connectivity index (χ4v) is 4.93. The van der Waals surface area contributed by atoms with Crippen molar-refractivity contribution in [2.75, 3.05) is 5.73 Å². The molecule has 0 fully saturated rings. The highest BCUT2D eigenvalue weighted by Crippen LogP contribution is 2.36. The summed E-state index contributed by atoms with van der Waals surface area (Å²) < 4.78 is 51.5. The molecule has 212 valence electrons. The van der Waals surface area contributed by atoms with Gasteiger partial charge in [0.2, 0.25) is 0 Å². The van der Waals surface area contributed by atoms with Gasteiger partial charge in [-0.2, -0.15) is 5.10 Å². The maximum absolute atomic E-state index is 15.0. The highest BCUT2D eigenvalue weighted by molar-refractivity contribution is 5.98. The fraction of sp³-hybridized carbons (Fsp3) is 0.167. The lowest BCUT2D eigenvalue weighted by Gasteiger charge is -2.18. The summed E-state index contributed by atoms with van der Waals surface area (Å²) in [6, 6.07) is 11.7. The first-order valence-electron chi connectivity index (χ1n) is 13.1. The average Bonchev–Trinajstić information content (AvgIpc) is 3.35. The van der Waals surface area contributed by atoms with Crippen LogP contribution in [0.25, 0.3) is 39.1 Å². The van der Waals surface area contributed by atoms with Crippen molar-refractivity contribution in [3.05, 3.63) is 101 Å². The van der Waals surface area contributed by atoms with Gasteiger partial charge >= 0.3 is 0 Å². The molecule has 1 atom stereocenters. The van der Waals surface area contributed by atoms with E-state index in [1.54, 1.807) is 32.9 Å². The Morgan fingerprint density at radius 2 is 1.74 bits per heavy atom. The quantitative estimate of drug-likeness (QED) is 0.278. The Morgan fingerprint density at radius 1 is 0.929 bits per heavy atom. The summed E-state index contributed by atoms with van der Waals surface area (Å²) in [5.41, 5.74) is 7.39. The molecule has 0 bridgehead atoms. The van der Waals surface area contributed by atoms with E-state index >= 15 is 0 Å². The summed E-state index contributed by atoms with van der Waals surface area (Å²) in [5, 5.41) is 5.12. The maximum atomic E-state index is 15.0. The third-order valence-electron chi connectivity index (χ3n) is 6.78. The van der Waals surface area contributed by atoms with Gasteiger partial charge in [0, 0.05) is 11.8 Å². The van der Waals surface area contributed by atoms with Crippen LogP contribution in [0.1, 0.15) is 32.5 Å². The van der Waals surface area contributed by atoms with Gasteiger partial charge in [-0.15, -0.1) is 0 Å². The summed E-state index contributed by atoms with van der Waals surface area (Å²) in [4.78, 5) is 26.9. The third-order valence-corrected chi connectivity index (χ3v) is 6.78. The second-order valence-corrected chi connectivity index (χ2v) is 10.0. The van der Waals surface area contributed by atoms with Gasteiger partial charge in [-0.1, -0.05) is 12.1 Å². The number of rotatable bonds is 6. The number of nitrogens with two attached hydrogens (primary N) is 1. The van der Waals surface area contributed by atoms with Gasteiger partial charge in [0.05, 0.1) is 28.8 Å². The van der Waals surface area contributed by atoms with Crippen molar-refractivity contribution < 1.29 is 17.9 Å². The van der Waals surface area contributed by atoms with E-state index in [0.717, 1.165) is 10.6 Å². The number of halogens is 3. The summed E-state index contributed by atoms with van der Waals surface area (Å²) in [7, 11) is 0. The summed E-state index contributed by atoms with van der Waals surface area (Å²) in [5.74, 6) is -1.58. The molecule has 9 nitrogen and oxygen atoms in total. The number of nitrogen functional groups attached to an aromatic ring is 1. The van der Waals surface area contributed by atoms with E-state index in [1.165, 1.54) is 53.5 Å². The van der Waals surface area contributed by atoms with Crippen LogP contribution >= 0.6 is 0 Å². The molecule has 0 aliphatic heterocycles. The van der Waals surface area contributed by atoms with E-state index in [2.05, 4.69) is 15.0 Å². The molecule has 6 rings (SSSR count). The van der Waals surface area contributed by atoms with Gasteiger partial charge < -0.3 is 10.5 Å². The van der Waals surface area contributed by atoms with Crippen molar-refractivity contribution >= 4 is 22.5 Å². The molecule has 6 aromatic rings. The third kappa shape index (κ3) is 4.60. The largest absolute Gasteiger partial charge is 0.488 e. The van der Waals surface area contributed by atoms with Crippen molar-refractivity contribution in [3.63, 3.8) is 0 Å². The molecule has 4 aromatic heterocycles. The van der Waals surface area contributed by atoms with Gasteiger partial charge in [-0.3, -0.25) is 9.20 Å². The fourth-order valence-electron chi connectivity index (χ4n) is 4.93. The van der Waals surface area contributed by atoms with Gasteiger partial charge in [0.25, 0.3) is 5.56 Å². The normalized spacial score (nSPS) is 12.4. The van der Waals surface area contributed by atoms with Gasteiger partial charge in [0.15, 0.2) is 17.2 Å². The van der Waals surface area contributed by atoms with Crippen LogP contribution in [0.4, 0.5) is 19.0 Å². The van der Waals surface area contributed by atoms with Gasteiger partial charge in [-0.05, 0) is 68.8 Å². The summed E-state index contributed by atoms with van der Waals surface area (Å²) in [6.45, 7) is 5.33. The molecule has 0 aliphatic rings. The zero-order valence-corrected chi connectivity index (χ0v) is 22.7. The van der Waals surface area contributed by atoms with Crippen LogP contribution in [0.3, 0.4) is 0 Å². The molecular formula is C30H24F3N7O2. The summed E-state index contributed by atoms with van der Waals surface area (Å²) >= 11 is 0. The number of hydrogen-bond acceptors (Lipinski definition) is 7. The van der Waals surface area contributed by atoms with Crippen LogP contribution in [0.15, 0.2) is 71.9 Å². The average molecular weight is 572 g/mol. The van der Waals surface area contributed by atoms with Crippen LogP contribution in [-0.2, 0) is 0 Å². The molecule has 42 heavy (non-hydrogen) atoms. The van der Waals surface area contributed by atoms with E-state index in [4.69, 9.17) is 15.6 Å². The zero-order chi connectivity index (χ0) is 29.7. The van der Waals surface area contributed by atoms with Crippen molar-refractivity contribution in [1.29, 1.82) is 0 Å². The molecule has 0 amide bonds. The zero-order valence-electron chi connectivity index (χ0n) is 22.7. The number of anilines is 1. The Balaban J connectivity index is 1.59. The molecule has 4 heterocycles. The van der Waals surface area contributed by atoms with Gasteiger partial charge in [0.1, 0.15) is 35.1 Å². The van der Waals surface area contributed by atoms with Crippen LogP contribution in [-0.4, -0.2) is 35.2 Å². The maximum Gasteiger partial charge on any atom is 0.266 e. The van der Waals surface area contributed by atoms with E-state index in [-0.39, 0.29) is 40.1 Å². The number of ether oxygens (including phenoxy) is 1. The first kappa shape index (κ1) is 26.9. The molecule has 0 unspecified atom stereocenters. The molecular weight excluding hydrogens is 547 g/mol. The predicted molar refractivity (Wildman–Crippen MR) is 152 cm³/mol. The first-order valence-corrected chi connectivity index (χ1v) is 13.1. The Morgan fingerprint density at radius 3 is 2.48 bits per heavy atom. The number of nitrogens with zero attached hydrogens (tertiary/aromatic N) is 6. The van der Waals surface area contributed by atoms with E-state index in [0.29, 0.717) is 22.3 Å². The van der Waals surface area contributed by atoms with Crippen molar-refractivity contribution in [1.82, 2.24) is 29.1 Å². The topological polar surface area (TPSA) is 113 Å². The molecule has 2 N–H and O–H groups in total. The van der Waals surface area contributed by atoms with Crippen molar-refractivity contribution in [2.24, 2.45) is 0 Å². The second-order valence-electron chi connectivity index (χ2n) is 10.0.